The van der Waals surface area contributed by atoms with Crippen molar-refractivity contribution in [3.05, 3.63) is 70.2 Å². The number of carbonyl (C=O) groups is 1. The number of aromatic amines is 2. The Kier molecular flexibility index (Phi) is 6.59. The molecule has 35 heavy (non-hydrogen) atoms. The lowest BCUT2D eigenvalue weighted by Gasteiger charge is -2.25. The summed E-state index contributed by atoms with van der Waals surface area (Å²) in [6.07, 6.45) is 0.651. The molecule has 178 valence electrons. The summed E-state index contributed by atoms with van der Waals surface area (Å²) in [4.78, 5) is 30.4. The van der Waals surface area contributed by atoms with Gasteiger partial charge >= 0.3 is 6.09 Å². The average molecular weight is 510 g/mol. The first kappa shape index (κ1) is 22.8. The quantitative estimate of drug-likeness (QED) is 0.269. The number of fused-ring (bicyclic) bond motifs is 1. The second kappa shape index (κ2) is 10.1. The Morgan fingerprint density at radius 3 is 2.80 bits per heavy atom. The van der Waals surface area contributed by atoms with Gasteiger partial charge in [0.25, 0.3) is 5.56 Å². The Morgan fingerprint density at radius 2 is 2.06 bits per heavy atom. The Balaban J connectivity index is 1.33. The molecule has 3 heterocycles. The molecule has 0 bridgehead atoms. The van der Waals surface area contributed by atoms with E-state index in [2.05, 4.69) is 43.4 Å². The minimum atomic E-state index is -0.548. The lowest BCUT2D eigenvalue weighted by atomic mass is 10.2. The van der Waals surface area contributed by atoms with Crippen LogP contribution >= 0.6 is 24.0 Å². The first-order chi connectivity index (χ1) is 17.0. The van der Waals surface area contributed by atoms with E-state index in [1.807, 2.05) is 18.2 Å². The van der Waals surface area contributed by atoms with Gasteiger partial charge in [0, 0.05) is 29.5 Å². The number of carbonyl (C=O) groups excluding carboxylic acids is 1. The number of thiol groups is 1. The van der Waals surface area contributed by atoms with Crippen molar-refractivity contribution < 1.29 is 14.1 Å². The van der Waals surface area contributed by atoms with Crippen LogP contribution in [0, 0.1) is 0 Å². The predicted molar refractivity (Wildman–Crippen MR) is 133 cm³/mol. The summed E-state index contributed by atoms with van der Waals surface area (Å²) in [6, 6.07) is 13.6. The number of nitrogens with one attached hydrogen (secondary N) is 2. The number of hydrogen-bond acceptors (Lipinski definition) is 10. The van der Waals surface area contributed by atoms with E-state index in [0.29, 0.717) is 48.0 Å². The first-order valence-electron chi connectivity index (χ1n) is 10.6. The average Bonchev–Trinajstić information content (AvgIpc) is 3.63. The number of anilines is 1. The molecule has 2 aromatic carbocycles. The van der Waals surface area contributed by atoms with Gasteiger partial charge in [-0.3, -0.25) is 9.69 Å². The molecule has 3 aromatic heterocycles. The predicted octanol–water partition coefficient (Wildman–Crippen LogP) is 3.69. The van der Waals surface area contributed by atoms with Crippen LogP contribution in [0.3, 0.4) is 0 Å². The smallest absolute Gasteiger partial charge is 0.410 e. The molecule has 2 N–H and O–H groups in total. The third-order valence-corrected chi connectivity index (χ3v) is 6.41. The largest absolute Gasteiger partial charge is 0.419 e. The number of aromatic nitrogens is 6. The van der Waals surface area contributed by atoms with Crippen LogP contribution in [-0.4, -0.2) is 48.7 Å². The highest BCUT2D eigenvalue weighted by Crippen LogP contribution is 2.27. The fourth-order valence-electron chi connectivity index (χ4n) is 3.45. The van der Waals surface area contributed by atoms with Gasteiger partial charge in [-0.05, 0) is 48.9 Å². The summed E-state index contributed by atoms with van der Waals surface area (Å²) < 4.78 is 11.7. The SMILES string of the molecule is O=C(Oc1ccc(-c2cc(=O)[nH]o2)cc1)N(CC(S)CCc1nn[nH]n1)c1ccc2ncsc2c1. The standard InChI is InChI=1S/C22H19N7O4S2/c30-21-10-18(33-26-21)13-1-4-15(5-2-13)32-22(31)29(11-16(34)6-8-20-24-27-28-25-20)14-3-7-17-19(9-14)35-12-23-17/h1-5,7,9-10,12,16,34H,6,8,11H2,(H,26,30)(H,24,25,27,28). The lowest BCUT2D eigenvalue weighted by molar-refractivity contribution is 0.207. The maximum atomic E-state index is 13.3. The van der Waals surface area contributed by atoms with Gasteiger partial charge in [0.15, 0.2) is 11.6 Å². The molecule has 0 saturated carbocycles. The summed E-state index contributed by atoms with van der Waals surface area (Å²) in [5.74, 6) is 1.33. The van der Waals surface area contributed by atoms with E-state index in [-0.39, 0.29) is 10.8 Å². The molecule has 5 aromatic rings. The third-order valence-electron chi connectivity index (χ3n) is 5.20. The van der Waals surface area contributed by atoms with Gasteiger partial charge in [0.05, 0.1) is 21.8 Å². The molecule has 0 aliphatic heterocycles. The van der Waals surface area contributed by atoms with E-state index in [9.17, 15) is 9.59 Å². The van der Waals surface area contributed by atoms with Crippen LogP contribution in [0.2, 0.25) is 0 Å². The van der Waals surface area contributed by atoms with Crippen LogP contribution in [0.5, 0.6) is 5.75 Å². The van der Waals surface area contributed by atoms with Gasteiger partial charge in [0.1, 0.15) is 5.75 Å². The van der Waals surface area contributed by atoms with Crippen LogP contribution < -0.4 is 15.2 Å². The van der Waals surface area contributed by atoms with Crippen molar-refractivity contribution in [3.63, 3.8) is 0 Å². The highest BCUT2D eigenvalue weighted by Gasteiger charge is 2.22. The molecular formula is C22H19N7O4S2. The molecule has 0 saturated heterocycles. The van der Waals surface area contributed by atoms with Crippen LogP contribution in [0.25, 0.3) is 21.5 Å². The van der Waals surface area contributed by atoms with Gasteiger partial charge < -0.3 is 9.26 Å². The Labute approximate surface area is 207 Å². The molecule has 11 nitrogen and oxygen atoms in total. The molecule has 0 aliphatic rings. The highest BCUT2D eigenvalue weighted by atomic mass is 32.1. The molecule has 1 amide bonds. The van der Waals surface area contributed by atoms with E-state index in [1.54, 1.807) is 34.7 Å². The molecule has 0 aliphatic carbocycles. The minimum absolute atomic E-state index is 0.169. The number of hydrogen-bond donors (Lipinski definition) is 3. The monoisotopic (exact) mass is 509 g/mol. The Hall–Kier alpha value is -3.97. The number of aryl methyl sites for hydroxylation is 1. The van der Waals surface area contributed by atoms with Crippen molar-refractivity contribution in [1.82, 2.24) is 30.8 Å². The number of amides is 1. The number of nitrogens with zero attached hydrogens (tertiary/aromatic N) is 5. The van der Waals surface area contributed by atoms with Crippen LogP contribution in [0.15, 0.2) is 63.4 Å². The van der Waals surface area contributed by atoms with E-state index in [1.165, 1.54) is 17.4 Å². The van der Waals surface area contributed by atoms with Gasteiger partial charge in [-0.1, -0.05) is 5.21 Å². The zero-order chi connectivity index (χ0) is 24.2. The lowest BCUT2D eigenvalue weighted by Crippen LogP contribution is -2.38. The van der Waals surface area contributed by atoms with Crippen LogP contribution in [0.4, 0.5) is 10.5 Å². The Bertz CT molecular complexity index is 1480. The molecule has 0 radical (unpaired) electrons. The van der Waals surface area contributed by atoms with Gasteiger partial charge in [-0.25, -0.2) is 9.78 Å². The fourth-order valence-corrected chi connectivity index (χ4v) is 4.45. The summed E-state index contributed by atoms with van der Waals surface area (Å²) in [5, 5.41) is 16.0. The van der Waals surface area contributed by atoms with Crippen molar-refractivity contribution in [3.8, 4) is 17.1 Å². The van der Waals surface area contributed by atoms with Crippen LogP contribution in [0.1, 0.15) is 12.2 Å². The van der Waals surface area contributed by atoms with E-state index >= 15 is 0 Å². The van der Waals surface area contributed by atoms with Crippen molar-refractivity contribution >= 4 is 46.0 Å². The summed E-state index contributed by atoms with van der Waals surface area (Å²) in [7, 11) is 0. The van der Waals surface area contributed by atoms with Crippen molar-refractivity contribution in [2.45, 2.75) is 18.1 Å². The minimum Gasteiger partial charge on any atom is -0.410 e. The maximum Gasteiger partial charge on any atom is 0.419 e. The molecule has 0 spiro atoms. The van der Waals surface area contributed by atoms with Crippen molar-refractivity contribution in [2.75, 3.05) is 11.4 Å². The number of benzene rings is 2. The molecule has 0 fully saturated rings. The molecule has 1 atom stereocenters. The van der Waals surface area contributed by atoms with Crippen molar-refractivity contribution in [1.29, 1.82) is 0 Å². The topological polar surface area (TPSA) is 143 Å². The fraction of sp³-hybridized carbons (Fsp3) is 0.182. The summed E-state index contributed by atoms with van der Waals surface area (Å²) in [5.41, 5.74) is 3.64. The number of rotatable bonds is 8. The van der Waals surface area contributed by atoms with E-state index in [0.717, 1.165) is 10.2 Å². The normalized spacial score (nSPS) is 12.0. The van der Waals surface area contributed by atoms with Crippen LogP contribution in [-0.2, 0) is 6.42 Å². The van der Waals surface area contributed by atoms with Crippen molar-refractivity contribution in [2.24, 2.45) is 0 Å². The number of H-pyrrole nitrogens is 2. The zero-order valence-electron chi connectivity index (χ0n) is 18.1. The number of tetrazole rings is 1. The number of ether oxygens (including phenoxy) is 1. The maximum absolute atomic E-state index is 13.3. The number of thiazole rings is 1. The molecular weight excluding hydrogens is 490 g/mol. The van der Waals surface area contributed by atoms with E-state index < -0.39 is 6.09 Å². The highest BCUT2D eigenvalue weighted by molar-refractivity contribution is 7.81. The second-order valence-corrected chi connectivity index (χ2v) is 9.22. The molecule has 5 rings (SSSR count). The second-order valence-electron chi connectivity index (χ2n) is 7.60. The van der Waals surface area contributed by atoms with Gasteiger partial charge in [-0.15, -0.1) is 21.5 Å². The Morgan fingerprint density at radius 1 is 1.20 bits per heavy atom. The van der Waals surface area contributed by atoms with Gasteiger partial charge in [-0.2, -0.15) is 23.0 Å². The molecule has 1 unspecified atom stereocenters. The summed E-state index contributed by atoms with van der Waals surface area (Å²) in [6.45, 7) is 0.302. The first-order valence-corrected chi connectivity index (χ1v) is 12.0. The molecule has 13 heteroatoms. The zero-order valence-corrected chi connectivity index (χ0v) is 19.8. The van der Waals surface area contributed by atoms with Gasteiger partial charge in [0.2, 0.25) is 0 Å². The third kappa shape index (κ3) is 5.41. The summed E-state index contributed by atoms with van der Waals surface area (Å²) >= 11 is 6.18. The van der Waals surface area contributed by atoms with E-state index in [4.69, 9.17) is 9.26 Å².